The number of carbonyl (C=O) groups excluding carboxylic acids is 2. The maximum atomic E-state index is 12.3. The molecule has 0 aromatic heterocycles. The molecule has 0 saturated carbocycles. The van der Waals surface area contributed by atoms with Crippen LogP contribution in [0.2, 0.25) is 0 Å². The molecule has 0 radical (unpaired) electrons. The Labute approximate surface area is 158 Å². The van der Waals surface area contributed by atoms with Crippen molar-refractivity contribution in [3.05, 3.63) is 0 Å². The summed E-state index contributed by atoms with van der Waals surface area (Å²) in [5.74, 6) is -0.569. The van der Waals surface area contributed by atoms with Gasteiger partial charge in [-0.25, -0.2) is 0 Å². The lowest BCUT2D eigenvalue weighted by Gasteiger charge is -2.44. The summed E-state index contributed by atoms with van der Waals surface area (Å²) in [6, 6.07) is 0. The third kappa shape index (κ3) is 4.41. The zero-order chi connectivity index (χ0) is 19.7. The zero-order valence-electron chi connectivity index (χ0n) is 16.1. The maximum Gasteiger partial charge on any atom is 0.231 e. The van der Waals surface area contributed by atoms with Gasteiger partial charge in [0.15, 0.2) is 18.9 Å². The average Bonchev–Trinajstić information content (AvgIpc) is 3.06. The van der Waals surface area contributed by atoms with Gasteiger partial charge in [0, 0.05) is 20.6 Å². The molecule has 7 atom stereocenters. The van der Waals surface area contributed by atoms with E-state index in [1.54, 1.807) is 21.0 Å². The van der Waals surface area contributed by atoms with Crippen molar-refractivity contribution in [2.75, 3.05) is 33.8 Å². The molecule has 3 fully saturated rings. The SMILES string of the molecule is CCN(C)C(=O)CC(=O)N(C)CC1OC2C(O)OC3COC(C)OC3C2O1. The van der Waals surface area contributed by atoms with Crippen LogP contribution in [0.25, 0.3) is 0 Å². The Morgan fingerprint density at radius 3 is 2.37 bits per heavy atom. The number of amides is 2. The molecule has 7 unspecified atom stereocenters. The second-order valence-electron chi connectivity index (χ2n) is 7.06. The number of fused-ring (bicyclic) bond motifs is 3. The molecule has 10 nitrogen and oxygen atoms in total. The van der Waals surface area contributed by atoms with Crippen LogP contribution < -0.4 is 0 Å². The first-order valence-corrected chi connectivity index (χ1v) is 9.19. The highest BCUT2D eigenvalue weighted by atomic mass is 16.8. The first-order valence-electron chi connectivity index (χ1n) is 9.19. The van der Waals surface area contributed by atoms with Gasteiger partial charge >= 0.3 is 0 Å². The molecular weight excluding hydrogens is 360 g/mol. The molecule has 0 spiro atoms. The number of rotatable bonds is 5. The fourth-order valence-electron chi connectivity index (χ4n) is 3.35. The quantitative estimate of drug-likeness (QED) is 0.592. The molecule has 3 saturated heterocycles. The van der Waals surface area contributed by atoms with E-state index in [1.165, 1.54) is 9.80 Å². The van der Waals surface area contributed by atoms with Crippen molar-refractivity contribution in [1.82, 2.24) is 9.80 Å². The zero-order valence-corrected chi connectivity index (χ0v) is 16.1. The molecule has 3 rings (SSSR count). The van der Waals surface area contributed by atoms with Gasteiger partial charge in [0.1, 0.15) is 30.8 Å². The Bertz CT molecular complexity index is 561. The van der Waals surface area contributed by atoms with Gasteiger partial charge < -0.3 is 38.6 Å². The van der Waals surface area contributed by atoms with Gasteiger partial charge in [-0.3, -0.25) is 9.59 Å². The topological polar surface area (TPSA) is 107 Å². The number of aliphatic hydroxyl groups is 1. The van der Waals surface area contributed by atoms with Gasteiger partial charge in [-0.15, -0.1) is 0 Å². The van der Waals surface area contributed by atoms with Crippen LogP contribution in [-0.4, -0.2) is 104 Å². The Morgan fingerprint density at radius 2 is 1.67 bits per heavy atom. The van der Waals surface area contributed by atoms with E-state index in [0.717, 1.165) is 0 Å². The Hall–Kier alpha value is -1.30. The minimum absolute atomic E-state index is 0.130. The molecule has 2 amide bonds. The standard InChI is InChI=1S/C17H28N2O8/c1-5-18(3)11(20)6-12(21)19(4)7-13-26-15-14-10(8-23-9(2)24-14)25-17(22)16(15)27-13/h9-10,13-17,22H,5-8H2,1-4H3. The van der Waals surface area contributed by atoms with E-state index in [2.05, 4.69) is 0 Å². The fraction of sp³-hybridized carbons (Fsp3) is 0.882. The van der Waals surface area contributed by atoms with Crippen molar-refractivity contribution >= 4 is 11.8 Å². The monoisotopic (exact) mass is 388 g/mol. The van der Waals surface area contributed by atoms with Gasteiger partial charge in [0.05, 0.1) is 13.2 Å². The summed E-state index contributed by atoms with van der Waals surface area (Å²) in [6.07, 6.45) is -4.62. The first kappa shape index (κ1) is 20.4. The van der Waals surface area contributed by atoms with Gasteiger partial charge in [-0.05, 0) is 13.8 Å². The summed E-state index contributed by atoms with van der Waals surface area (Å²) in [4.78, 5) is 27.0. The van der Waals surface area contributed by atoms with Gasteiger partial charge in [-0.2, -0.15) is 0 Å². The molecule has 27 heavy (non-hydrogen) atoms. The number of ether oxygens (including phenoxy) is 5. The van der Waals surface area contributed by atoms with E-state index in [4.69, 9.17) is 23.7 Å². The Balaban J connectivity index is 1.56. The van der Waals surface area contributed by atoms with Gasteiger partial charge in [0.2, 0.25) is 11.8 Å². The number of aliphatic hydroxyl groups excluding tert-OH is 1. The van der Waals surface area contributed by atoms with E-state index in [0.29, 0.717) is 13.2 Å². The summed E-state index contributed by atoms with van der Waals surface area (Å²) >= 11 is 0. The summed E-state index contributed by atoms with van der Waals surface area (Å²) in [5, 5.41) is 10.2. The lowest BCUT2D eigenvalue weighted by atomic mass is 9.98. The van der Waals surface area contributed by atoms with E-state index in [9.17, 15) is 14.7 Å². The van der Waals surface area contributed by atoms with Crippen molar-refractivity contribution in [1.29, 1.82) is 0 Å². The predicted octanol–water partition coefficient (Wildman–Crippen LogP) is -1.10. The second kappa shape index (κ2) is 8.38. The summed E-state index contributed by atoms with van der Waals surface area (Å²) in [6.45, 7) is 4.58. The number of nitrogens with zero attached hydrogens (tertiary/aromatic N) is 2. The molecule has 10 heteroatoms. The van der Waals surface area contributed by atoms with Crippen LogP contribution in [0.4, 0.5) is 0 Å². The molecule has 0 bridgehead atoms. The highest BCUT2D eigenvalue weighted by molar-refractivity contribution is 5.96. The summed E-state index contributed by atoms with van der Waals surface area (Å²) < 4.78 is 28.3. The third-order valence-corrected chi connectivity index (χ3v) is 5.12. The highest BCUT2D eigenvalue weighted by Gasteiger charge is 2.55. The molecular formula is C17H28N2O8. The van der Waals surface area contributed by atoms with Crippen molar-refractivity contribution in [2.45, 2.75) is 63.6 Å². The predicted molar refractivity (Wildman–Crippen MR) is 90.3 cm³/mol. The summed E-state index contributed by atoms with van der Waals surface area (Å²) in [7, 11) is 3.23. The average molecular weight is 388 g/mol. The van der Waals surface area contributed by atoms with Crippen LogP contribution in [0.5, 0.6) is 0 Å². The third-order valence-electron chi connectivity index (χ3n) is 5.12. The molecule has 3 heterocycles. The number of carbonyl (C=O) groups is 2. The van der Waals surface area contributed by atoms with Crippen molar-refractivity contribution in [3.8, 4) is 0 Å². The van der Waals surface area contributed by atoms with Gasteiger partial charge in [0.25, 0.3) is 0 Å². The van der Waals surface area contributed by atoms with E-state index < -0.39 is 43.3 Å². The Kier molecular flexibility index (Phi) is 6.34. The minimum atomic E-state index is -1.16. The van der Waals surface area contributed by atoms with Crippen molar-refractivity contribution in [3.63, 3.8) is 0 Å². The fourth-order valence-corrected chi connectivity index (χ4v) is 3.35. The van der Waals surface area contributed by atoms with Crippen LogP contribution in [-0.2, 0) is 33.3 Å². The lowest BCUT2D eigenvalue weighted by molar-refractivity contribution is -0.333. The minimum Gasteiger partial charge on any atom is -0.366 e. The molecule has 0 aromatic rings. The van der Waals surface area contributed by atoms with Crippen molar-refractivity contribution in [2.24, 2.45) is 0 Å². The van der Waals surface area contributed by atoms with Crippen LogP contribution in [0, 0.1) is 0 Å². The molecule has 1 N–H and O–H groups in total. The summed E-state index contributed by atoms with van der Waals surface area (Å²) in [5.41, 5.74) is 0. The van der Waals surface area contributed by atoms with E-state index in [-0.39, 0.29) is 24.8 Å². The van der Waals surface area contributed by atoms with E-state index in [1.807, 2.05) is 6.92 Å². The molecule has 0 aliphatic carbocycles. The first-order chi connectivity index (χ1) is 12.8. The normalized spacial score (nSPS) is 38.0. The van der Waals surface area contributed by atoms with E-state index >= 15 is 0 Å². The number of likely N-dealkylation sites (N-methyl/N-ethyl adjacent to an activating group) is 1. The lowest BCUT2D eigenvalue weighted by Crippen LogP contribution is -2.61. The van der Waals surface area contributed by atoms with Crippen LogP contribution in [0.3, 0.4) is 0 Å². The smallest absolute Gasteiger partial charge is 0.231 e. The molecule has 0 aromatic carbocycles. The Morgan fingerprint density at radius 1 is 1.00 bits per heavy atom. The largest absolute Gasteiger partial charge is 0.366 e. The second-order valence-corrected chi connectivity index (χ2v) is 7.06. The number of hydrogen-bond donors (Lipinski definition) is 1. The van der Waals surface area contributed by atoms with Crippen LogP contribution in [0.1, 0.15) is 20.3 Å². The van der Waals surface area contributed by atoms with Gasteiger partial charge in [-0.1, -0.05) is 0 Å². The number of hydrogen-bond acceptors (Lipinski definition) is 8. The van der Waals surface area contributed by atoms with Crippen LogP contribution in [0.15, 0.2) is 0 Å². The van der Waals surface area contributed by atoms with Crippen molar-refractivity contribution < 1.29 is 38.4 Å². The maximum absolute atomic E-state index is 12.3. The van der Waals surface area contributed by atoms with Crippen LogP contribution >= 0.6 is 0 Å². The molecule has 3 aliphatic heterocycles. The highest BCUT2D eigenvalue weighted by Crippen LogP contribution is 2.36. The molecule has 3 aliphatic rings. The molecule has 154 valence electrons.